The molecule has 9 heteroatoms. The number of hydrogen-bond acceptors (Lipinski definition) is 4. The molecule has 5 nitrogen and oxygen atoms in total. The van der Waals surface area contributed by atoms with Crippen molar-refractivity contribution in [2.75, 3.05) is 16.4 Å². The van der Waals surface area contributed by atoms with E-state index >= 15 is 0 Å². The maximum atomic E-state index is 14.2. The van der Waals surface area contributed by atoms with Crippen LogP contribution in [-0.2, 0) is 14.6 Å². The smallest absolute Gasteiger partial charge is 0.250 e. The zero-order chi connectivity index (χ0) is 17.6. The van der Waals surface area contributed by atoms with Gasteiger partial charge >= 0.3 is 0 Å². The summed E-state index contributed by atoms with van der Waals surface area (Å²) < 4.78 is 51.2. The van der Waals surface area contributed by atoms with Gasteiger partial charge in [-0.3, -0.25) is 4.79 Å². The molecular weight excluding hydrogens is 358 g/mol. The number of carbonyl (C=O) groups excluding carboxylic acids is 1. The summed E-state index contributed by atoms with van der Waals surface area (Å²) in [6, 6.07) is 2.56. The first-order chi connectivity index (χ1) is 11.2. The molecule has 130 valence electrons. The maximum Gasteiger partial charge on any atom is 0.250 e. The first-order valence-electron chi connectivity index (χ1n) is 7.42. The third-order valence-corrected chi connectivity index (χ3v) is 7.15. The first-order valence-corrected chi connectivity index (χ1v) is 10.1. The number of anilines is 1. The molecule has 0 unspecified atom stereocenters. The van der Waals surface area contributed by atoms with Crippen LogP contribution in [0.2, 0.25) is 0 Å². The van der Waals surface area contributed by atoms with Crippen LogP contribution in [0.3, 0.4) is 0 Å². The van der Waals surface area contributed by atoms with E-state index in [0.717, 1.165) is 23.9 Å². The monoisotopic (exact) mass is 374 g/mol. The maximum absolute atomic E-state index is 14.2. The summed E-state index contributed by atoms with van der Waals surface area (Å²) in [7, 11) is -3.23. The topological polar surface area (TPSA) is 66.8 Å². The number of nitrogens with zero attached hydrogens (tertiary/aromatic N) is 2. The van der Waals surface area contributed by atoms with Gasteiger partial charge in [-0.2, -0.15) is 4.99 Å². The fraction of sp³-hybridized carbons (Fsp3) is 0.467. The lowest BCUT2D eigenvalue weighted by molar-refractivity contribution is -0.120. The summed E-state index contributed by atoms with van der Waals surface area (Å²) in [5.74, 6) is -2.43. The van der Waals surface area contributed by atoms with Crippen LogP contribution in [0.15, 0.2) is 23.2 Å². The highest BCUT2D eigenvalue weighted by Gasteiger charge is 2.50. The van der Waals surface area contributed by atoms with Crippen molar-refractivity contribution in [2.45, 2.75) is 25.1 Å². The largest absolute Gasteiger partial charge is 0.313 e. The summed E-state index contributed by atoms with van der Waals surface area (Å²) in [6.45, 7) is 3.39. The molecule has 0 spiro atoms. The lowest BCUT2D eigenvalue weighted by Gasteiger charge is -2.25. The van der Waals surface area contributed by atoms with Gasteiger partial charge < -0.3 is 4.90 Å². The summed E-state index contributed by atoms with van der Waals surface area (Å²) in [4.78, 5) is 17.4. The van der Waals surface area contributed by atoms with Crippen LogP contribution < -0.4 is 4.90 Å². The molecule has 0 aliphatic carbocycles. The fourth-order valence-corrected chi connectivity index (χ4v) is 6.66. The van der Waals surface area contributed by atoms with Crippen molar-refractivity contribution in [1.82, 2.24) is 0 Å². The number of halogens is 2. The van der Waals surface area contributed by atoms with E-state index in [1.165, 1.54) is 11.0 Å². The number of rotatable bonds is 2. The van der Waals surface area contributed by atoms with Crippen molar-refractivity contribution in [2.24, 2.45) is 10.9 Å². The molecule has 1 aromatic carbocycles. The molecule has 2 saturated heterocycles. The first kappa shape index (κ1) is 17.3. The van der Waals surface area contributed by atoms with Crippen LogP contribution in [0, 0.1) is 17.6 Å². The van der Waals surface area contributed by atoms with Gasteiger partial charge in [-0.15, -0.1) is 0 Å². The van der Waals surface area contributed by atoms with E-state index in [1.807, 2.05) is 0 Å². The molecule has 0 radical (unpaired) electrons. The molecule has 2 aliphatic rings. The van der Waals surface area contributed by atoms with Crippen LogP contribution in [0.1, 0.15) is 13.8 Å². The van der Waals surface area contributed by atoms with Crippen molar-refractivity contribution in [3.8, 4) is 0 Å². The van der Waals surface area contributed by atoms with E-state index in [4.69, 9.17) is 0 Å². The molecule has 2 aliphatic heterocycles. The minimum atomic E-state index is -3.23. The van der Waals surface area contributed by atoms with Gasteiger partial charge in [0.25, 0.3) is 5.91 Å². The highest BCUT2D eigenvalue weighted by Crippen LogP contribution is 2.41. The van der Waals surface area contributed by atoms with Crippen molar-refractivity contribution in [3.63, 3.8) is 0 Å². The summed E-state index contributed by atoms with van der Waals surface area (Å²) in [5, 5.41) is -0.0535. The van der Waals surface area contributed by atoms with Gasteiger partial charge in [-0.25, -0.2) is 17.2 Å². The van der Waals surface area contributed by atoms with Gasteiger partial charge in [-0.05, 0) is 12.1 Å². The number of carbonyl (C=O) groups is 1. The zero-order valence-electron chi connectivity index (χ0n) is 13.1. The van der Waals surface area contributed by atoms with Gasteiger partial charge in [0.2, 0.25) is 0 Å². The van der Waals surface area contributed by atoms with E-state index in [1.54, 1.807) is 13.8 Å². The summed E-state index contributed by atoms with van der Waals surface area (Å²) in [6.07, 6.45) is 0. The number of thioether (sulfide) groups is 1. The Morgan fingerprint density at radius 3 is 2.67 bits per heavy atom. The van der Waals surface area contributed by atoms with Crippen LogP contribution in [0.4, 0.5) is 14.5 Å². The molecule has 2 heterocycles. The second-order valence-electron chi connectivity index (χ2n) is 6.15. The van der Waals surface area contributed by atoms with E-state index in [9.17, 15) is 22.0 Å². The predicted octanol–water partition coefficient (Wildman–Crippen LogP) is 2.22. The van der Waals surface area contributed by atoms with Crippen LogP contribution >= 0.6 is 11.8 Å². The SMILES string of the molecule is CC(C)C(=O)N=C1S[C@H]2CS(=O)(=O)C[C@H]2N1c1ccc(F)cc1F. The number of benzene rings is 1. The third-order valence-electron chi connectivity index (χ3n) is 3.94. The Bertz CT molecular complexity index is 824. The summed E-state index contributed by atoms with van der Waals surface area (Å²) in [5.41, 5.74) is 0.0313. The number of fused-ring (bicyclic) bond motifs is 1. The lowest BCUT2D eigenvalue weighted by Crippen LogP contribution is -2.38. The average molecular weight is 374 g/mol. The van der Waals surface area contributed by atoms with Gasteiger partial charge in [0, 0.05) is 17.2 Å². The average Bonchev–Trinajstić information content (AvgIpc) is 2.91. The standard InChI is InChI=1S/C15H16F2N2O3S2/c1-8(2)14(20)18-15-19(11-4-3-9(16)5-10(11)17)12-6-24(21,22)7-13(12)23-15/h3-5,8,12-13H,6-7H2,1-2H3/t12-,13+/m1/s1. The van der Waals surface area contributed by atoms with E-state index in [0.29, 0.717) is 0 Å². The normalized spacial score (nSPS) is 27.0. The quantitative estimate of drug-likeness (QED) is 0.794. The molecule has 2 atom stereocenters. The predicted molar refractivity (Wildman–Crippen MR) is 89.9 cm³/mol. The van der Waals surface area contributed by atoms with Crippen LogP contribution in [-0.4, -0.2) is 42.3 Å². The lowest BCUT2D eigenvalue weighted by atomic mass is 10.2. The van der Waals surface area contributed by atoms with Crippen molar-refractivity contribution < 1.29 is 22.0 Å². The zero-order valence-corrected chi connectivity index (χ0v) is 14.7. The second kappa shape index (κ2) is 6.11. The molecule has 0 saturated carbocycles. The Morgan fingerprint density at radius 1 is 1.33 bits per heavy atom. The third kappa shape index (κ3) is 3.19. The number of hydrogen-bond donors (Lipinski definition) is 0. The Hall–Kier alpha value is -1.48. The van der Waals surface area contributed by atoms with Gasteiger partial charge in [0.1, 0.15) is 11.6 Å². The minimum absolute atomic E-state index is 0.0313. The minimum Gasteiger partial charge on any atom is -0.313 e. The summed E-state index contributed by atoms with van der Waals surface area (Å²) >= 11 is 1.16. The number of aliphatic imine (C=N–C) groups is 1. The van der Waals surface area contributed by atoms with Gasteiger partial charge in [-0.1, -0.05) is 25.6 Å². The van der Waals surface area contributed by atoms with E-state index in [-0.39, 0.29) is 39.4 Å². The highest BCUT2D eigenvalue weighted by molar-refractivity contribution is 8.16. The molecule has 1 aromatic rings. The van der Waals surface area contributed by atoms with Crippen molar-refractivity contribution in [3.05, 3.63) is 29.8 Å². The Kier molecular flexibility index (Phi) is 4.41. The second-order valence-corrected chi connectivity index (χ2v) is 9.51. The van der Waals surface area contributed by atoms with Crippen molar-refractivity contribution >= 4 is 38.4 Å². The number of amidine groups is 1. The van der Waals surface area contributed by atoms with Gasteiger partial charge in [0.05, 0.1) is 23.2 Å². The van der Waals surface area contributed by atoms with E-state index in [2.05, 4.69) is 4.99 Å². The van der Waals surface area contributed by atoms with Crippen LogP contribution in [0.25, 0.3) is 0 Å². The highest BCUT2D eigenvalue weighted by atomic mass is 32.2. The molecule has 1 amide bonds. The number of sulfone groups is 1. The molecule has 24 heavy (non-hydrogen) atoms. The van der Waals surface area contributed by atoms with Crippen molar-refractivity contribution in [1.29, 1.82) is 0 Å². The van der Waals surface area contributed by atoms with Crippen LogP contribution in [0.5, 0.6) is 0 Å². The molecule has 2 fully saturated rings. The molecule has 3 rings (SSSR count). The Balaban J connectivity index is 2.06. The molecule has 0 aromatic heterocycles. The fourth-order valence-electron chi connectivity index (χ4n) is 2.75. The Labute approximate surface area is 143 Å². The Morgan fingerprint density at radius 2 is 2.04 bits per heavy atom. The molecule has 0 bridgehead atoms. The molecule has 0 N–H and O–H groups in total. The number of amides is 1. The van der Waals surface area contributed by atoms with Gasteiger partial charge in [0.15, 0.2) is 15.0 Å². The molecular formula is C15H16F2N2O3S2. The van der Waals surface area contributed by atoms with E-state index < -0.39 is 27.5 Å².